The zero-order valence-corrected chi connectivity index (χ0v) is 12.2. The summed E-state index contributed by atoms with van der Waals surface area (Å²) in [5.41, 5.74) is 0.143. The third-order valence-corrected chi connectivity index (χ3v) is 2.57. The van der Waals surface area contributed by atoms with E-state index in [0.29, 0.717) is 0 Å². The van der Waals surface area contributed by atoms with Crippen molar-refractivity contribution in [2.24, 2.45) is 10.9 Å². The van der Waals surface area contributed by atoms with E-state index in [0.717, 1.165) is 12.1 Å². The Balaban J connectivity index is 0. The van der Waals surface area contributed by atoms with Gasteiger partial charge in [0.2, 0.25) is 0 Å². The van der Waals surface area contributed by atoms with Crippen LogP contribution in [0.3, 0.4) is 0 Å². The maximum Gasteiger partial charge on any atom is 0.104 e. The van der Waals surface area contributed by atoms with E-state index in [1.807, 2.05) is 41.5 Å². The Kier molecular flexibility index (Phi) is 8.94. The van der Waals surface area contributed by atoms with Crippen molar-refractivity contribution < 1.29 is 43.7 Å². The van der Waals surface area contributed by atoms with Gasteiger partial charge in [0, 0.05) is 50.4 Å². The molecule has 0 aromatic rings. The molecule has 1 radical (unpaired) electrons. The van der Waals surface area contributed by atoms with Crippen LogP contribution in [-0.2, 0) is 0 Å². The Morgan fingerprint density at radius 3 is 1.93 bits per heavy atom. The Bertz CT molecular complexity index is 190. The summed E-state index contributed by atoms with van der Waals surface area (Å²) in [5, 5.41) is 10.3. The molecule has 0 heterocycles. The third kappa shape index (κ3) is 4.62. The second-order valence-corrected chi connectivity index (χ2v) is 4.24. The fraction of sp³-hybridized carbons (Fsp3) is 0.909. The molecule has 0 aromatic heterocycles. The first-order valence-corrected chi connectivity index (χ1v) is 5.11. The van der Waals surface area contributed by atoms with Crippen LogP contribution in [0.2, 0.25) is 0 Å². The Hall–Kier alpha value is 0.916. The summed E-state index contributed by atoms with van der Waals surface area (Å²) in [6.45, 7) is 12.0. The molecule has 0 saturated carbocycles. The number of hydrogen-bond acceptors (Lipinski definition) is 2. The summed E-state index contributed by atoms with van der Waals surface area (Å²) in [4.78, 5) is 4.41. The Labute approximate surface area is 119 Å². The van der Waals surface area contributed by atoms with Gasteiger partial charge in [0.1, 0.15) is 5.60 Å². The first kappa shape index (κ1) is 17.3. The molecule has 2 nitrogen and oxygen atoms in total. The fourth-order valence-corrected chi connectivity index (χ4v) is 1.58. The molecule has 0 saturated heterocycles. The van der Waals surface area contributed by atoms with Gasteiger partial charge in [-0.05, 0) is 33.1 Å². The van der Waals surface area contributed by atoms with Crippen molar-refractivity contribution >= 4 is 5.71 Å². The van der Waals surface area contributed by atoms with Crippen LogP contribution in [0.1, 0.15) is 48.0 Å². The standard InChI is InChI=1S/C11H23NO.Tb/c1-7-11(13,8(2)3)10(6)12-9(4)5;/h8-9,13H,7H2,1-6H3;. The minimum absolute atomic E-state index is 0. The third-order valence-electron chi connectivity index (χ3n) is 2.57. The van der Waals surface area contributed by atoms with E-state index < -0.39 is 5.60 Å². The normalized spacial score (nSPS) is 16.8. The Morgan fingerprint density at radius 2 is 1.71 bits per heavy atom. The molecule has 0 rings (SSSR count). The van der Waals surface area contributed by atoms with Crippen molar-refractivity contribution in [3.05, 3.63) is 0 Å². The van der Waals surface area contributed by atoms with Crippen LogP contribution in [0.15, 0.2) is 4.99 Å². The molecule has 0 fully saturated rings. The molecule has 1 N–H and O–H groups in total. The average molecular weight is 344 g/mol. The zero-order valence-electron chi connectivity index (χ0n) is 10.1. The first-order valence-electron chi connectivity index (χ1n) is 5.11. The summed E-state index contributed by atoms with van der Waals surface area (Å²) in [6, 6.07) is 0.261. The van der Waals surface area contributed by atoms with Crippen molar-refractivity contribution in [2.75, 3.05) is 0 Å². The van der Waals surface area contributed by atoms with Gasteiger partial charge in [0.25, 0.3) is 0 Å². The molecule has 3 heteroatoms. The van der Waals surface area contributed by atoms with Crippen molar-refractivity contribution in [3.8, 4) is 0 Å². The molecular weight excluding hydrogens is 321 g/mol. The molecular formula is C11H23NOTb. The number of rotatable bonds is 4. The summed E-state index contributed by atoms with van der Waals surface area (Å²) in [7, 11) is 0. The van der Waals surface area contributed by atoms with E-state index in [2.05, 4.69) is 4.99 Å². The maximum atomic E-state index is 10.3. The second kappa shape index (κ2) is 7.23. The van der Waals surface area contributed by atoms with E-state index in [9.17, 15) is 5.11 Å². The molecule has 0 aliphatic heterocycles. The maximum absolute atomic E-state index is 10.3. The topological polar surface area (TPSA) is 32.6 Å². The van der Waals surface area contributed by atoms with Crippen LogP contribution < -0.4 is 0 Å². The van der Waals surface area contributed by atoms with Gasteiger partial charge in [-0.15, -0.1) is 0 Å². The van der Waals surface area contributed by atoms with Crippen LogP contribution in [0.5, 0.6) is 0 Å². The fourth-order valence-electron chi connectivity index (χ4n) is 1.58. The smallest absolute Gasteiger partial charge is 0.104 e. The van der Waals surface area contributed by atoms with Gasteiger partial charge < -0.3 is 5.11 Å². The number of aliphatic hydroxyl groups is 1. The van der Waals surface area contributed by atoms with Crippen LogP contribution >= 0.6 is 0 Å². The molecule has 0 spiro atoms. The summed E-state index contributed by atoms with van der Waals surface area (Å²) >= 11 is 0. The predicted molar refractivity (Wildman–Crippen MR) is 58.3 cm³/mol. The Morgan fingerprint density at radius 1 is 1.29 bits per heavy atom. The molecule has 0 aromatic carbocycles. The van der Waals surface area contributed by atoms with Crippen molar-refractivity contribution in [3.63, 3.8) is 0 Å². The quantitative estimate of drug-likeness (QED) is 0.782. The predicted octanol–water partition coefficient (Wildman–Crippen LogP) is 2.65. The molecule has 0 bridgehead atoms. The van der Waals surface area contributed by atoms with E-state index in [-0.39, 0.29) is 50.6 Å². The van der Waals surface area contributed by atoms with Gasteiger partial charge in [-0.1, -0.05) is 20.8 Å². The summed E-state index contributed by atoms with van der Waals surface area (Å²) in [6.07, 6.45) is 0.729. The molecule has 0 amide bonds. The van der Waals surface area contributed by atoms with Gasteiger partial charge in [0.05, 0.1) is 0 Å². The van der Waals surface area contributed by atoms with Crippen LogP contribution in [0.25, 0.3) is 0 Å². The van der Waals surface area contributed by atoms with Crippen LogP contribution in [0.4, 0.5) is 0 Å². The van der Waals surface area contributed by atoms with Gasteiger partial charge in [-0.25, -0.2) is 0 Å². The van der Waals surface area contributed by atoms with E-state index in [1.165, 1.54) is 0 Å². The molecule has 87 valence electrons. The minimum Gasteiger partial charge on any atom is -0.384 e. The van der Waals surface area contributed by atoms with Crippen molar-refractivity contribution in [1.82, 2.24) is 0 Å². The largest absolute Gasteiger partial charge is 0.384 e. The number of aliphatic imine (C=N–C) groups is 1. The zero-order chi connectivity index (χ0) is 10.6. The molecule has 14 heavy (non-hydrogen) atoms. The SMILES string of the molecule is CCC(O)(C(C)=NC(C)C)C(C)C.[Tb]. The summed E-state index contributed by atoms with van der Waals surface area (Å²) in [5.74, 6) is 0.222. The van der Waals surface area contributed by atoms with Gasteiger partial charge in [0.15, 0.2) is 0 Å². The van der Waals surface area contributed by atoms with E-state index in [4.69, 9.17) is 0 Å². The molecule has 0 aliphatic rings. The van der Waals surface area contributed by atoms with Gasteiger partial charge in [-0.2, -0.15) is 0 Å². The van der Waals surface area contributed by atoms with Crippen molar-refractivity contribution in [2.45, 2.75) is 59.6 Å². The second-order valence-electron chi connectivity index (χ2n) is 4.24. The monoisotopic (exact) mass is 344 g/mol. The number of nitrogens with zero attached hydrogens (tertiary/aromatic N) is 1. The molecule has 0 aliphatic carbocycles. The summed E-state index contributed by atoms with van der Waals surface area (Å²) < 4.78 is 0. The first-order chi connectivity index (χ1) is 5.84. The van der Waals surface area contributed by atoms with Gasteiger partial charge >= 0.3 is 0 Å². The minimum atomic E-state index is -0.718. The average Bonchev–Trinajstić information content (AvgIpc) is 2.01. The molecule has 1 unspecified atom stereocenters. The van der Waals surface area contributed by atoms with Crippen molar-refractivity contribution in [1.29, 1.82) is 0 Å². The molecule has 1 atom stereocenters. The van der Waals surface area contributed by atoms with E-state index in [1.54, 1.807) is 0 Å². The van der Waals surface area contributed by atoms with Crippen LogP contribution in [-0.4, -0.2) is 22.5 Å². The number of hydrogen-bond donors (Lipinski definition) is 1. The van der Waals surface area contributed by atoms with Crippen LogP contribution in [0, 0.1) is 44.5 Å². The van der Waals surface area contributed by atoms with Gasteiger partial charge in [-0.3, -0.25) is 4.99 Å². The van der Waals surface area contributed by atoms with E-state index >= 15 is 0 Å².